The molecule has 1 heteroatoms. The van der Waals surface area contributed by atoms with Crippen molar-refractivity contribution in [3.8, 4) is 0 Å². The van der Waals surface area contributed by atoms with E-state index in [1.54, 1.807) is 0 Å². The van der Waals surface area contributed by atoms with Gasteiger partial charge in [-0.3, -0.25) is 0 Å². The second kappa shape index (κ2) is 5.34. The SMILES string of the molecule is CCC(N[C@@H](C)C1CCCCC1)C1CC1. The monoisotopic (exact) mass is 209 g/mol. The van der Waals surface area contributed by atoms with Gasteiger partial charge in [-0.15, -0.1) is 0 Å². The van der Waals surface area contributed by atoms with E-state index in [-0.39, 0.29) is 0 Å². The molecule has 0 saturated heterocycles. The van der Waals surface area contributed by atoms with E-state index in [9.17, 15) is 0 Å². The van der Waals surface area contributed by atoms with Gasteiger partial charge in [0.05, 0.1) is 0 Å². The number of hydrogen-bond donors (Lipinski definition) is 1. The van der Waals surface area contributed by atoms with Crippen LogP contribution >= 0.6 is 0 Å². The molecule has 2 fully saturated rings. The molecule has 0 aromatic heterocycles. The molecular formula is C14H27N. The molecule has 2 aliphatic rings. The predicted octanol–water partition coefficient (Wildman–Crippen LogP) is 3.73. The van der Waals surface area contributed by atoms with E-state index in [1.807, 2.05) is 0 Å². The van der Waals surface area contributed by atoms with E-state index in [2.05, 4.69) is 19.2 Å². The van der Waals surface area contributed by atoms with Crippen LogP contribution in [0.25, 0.3) is 0 Å². The van der Waals surface area contributed by atoms with Crippen molar-refractivity contribution in [2.75, 3.05) is 0 Å². The Hall–Kier alpha value is -0.0400. The first kappa shape index (κ1) is 11.4. The molecule has 0 bridgehead atoms. The zero-order valence-corrected chi connectivity index (χ0v) is 10.5. The lowest BCUT2D eigenvalue weighted by Crippen LogP contribution is -2.42. The molecule has 0 aromatic carbocycles. The van der Waals surface area contributed by atoms with Gasteiger partial charge in [-0.2, -0.15) is 0 Å². The summed E-state index contributed by atoms with van der Waals surface area (Å²) < 4.78 is 0. The van der Waals surface area contributed by atoms with E-state index < -0.39 is 0 Å². The molecule has 0 heterocycles. The fourth-order valence-electron chi connectivity index (χ4n) is 3.19. The maximum atomic E-state index is 3.90. The van der Waals surface area contributed by atoms with Crippen molar-refractivity contribution < 1.29 is 0 Å². The van der Waals surface area contributed by atoms with Crippen LogP contribution in [0, 0.1) is 11.8 Å². The van der Waals surface area contributed by atoms with Gasteiger partial charge in [-0.1, -0.05) is 26.2 Å². The second-order valence-corrected chi connectivity index (χ2v) is 5.71. The van der Waals surface area contributed by atoms with Crippen LogP contribution in [0.5, 0.6) is 0 Å². The van der Waals surface area contributed by atoms with Crippen molar-refractivity contribution in [2.24, 2.45) is 11.8 Å². The van der Waals surface area contributed by atoms with Crippen LogP contribution in [0.4, 0.5) is 0 Å². The van der Waals surface area contributed by atoms with Gasteiger partial charge < -0.3 is 5.32 Å². The van der Waals surface area contributed by atoms with Crippen LogP contribution in [0.3, 0.4) is 0 Å². The van der Waals surface area contributed by atoms with E-state index in [1.165, 1.54) is 51.4 Å². The summed E-state index contributed by atoms with van der Waals surface area (Å²) in [6, 6.07) is 1.58. The summed E-state index contributed by atoms with van der Waals surface area (Å²) >= 11 is 0. The Labute approximate surface area is 95.0 Å². The largest absolute Gasteiger partial charge is 0.311 e. The van der Waals surface area contributed by atoms with Crippen molar-refractivity contribution in [3.05, 3.63) is 0 Å². The first-order chi connectivity index (χ1) is 7.31. The zero-order chi connectivity index (χ0) is 10.7. The van der Waals surface area contributed by atoms with Crippen molar-refractivity contribution >= 4 is 0 Å². The Morgan fingerprint density at radius 2 is 1.67 bits per heavy atom. The van der Waals surface area contributed by atoms with E-state index in [0.717, 1.165) is 23.9 Å². The van der Waals surface area contributed by atoms with Crippen LogP contribution in [0.15, 0.2) is 0 Å². The van der Waals surface area contributed by atoms with Gasteiger partial charge in [-0.05, 0) is 50.9 Å². The minimum absolute atomic E-state index is 0.760. The number of nitrogens with one attached hydrogen (secondary N) is 1. The predicted molar refractivity (Wildman–Crippen MR) is 66.0 cm³/mol. The normalized spacial score (nSPS) is 27.6. The first-order valence-corrected chi connectivity index (χ1v) is 7.07. The summed E-state index contributed by atoms with van der Waals surface area (Å²) in [6.07, 6.45) is 11.6. The molecule has 2 atom stereocenters. The third-order valence-electron chi connectivity index (χ3n) is 4.46. The highest BCUT2D eigenvalue weighted by atomic mass is 15.0. The van der Waals surface area contributed by atoms with Crippen molar-refractivity contribution in [3.63, 3.8) is 0 Å². The van der Waals surface area contributed by atoms with Crippen LogP contribution in [0.1, 0.15) is 65.2 Å². The second-order valence-electron chi connectivity index (χ2n) is 5.71. The lowest BCUT2D eigenvalue weighted by molar-refractivity contribution is 0.253. The minimum Gasteiger partial charge on any atom is -0.311 e. The van der Waals surface area contributed by atoms with E-state index in [4.69, 9.17) is 0 Å². The van der Waals surface area contributed by atoms with Crippen LogP contribution in [-0.4, -0.2) is 12.1 Å². The summed E-state index contributed by atoms with van der Waals surface area (Å²) in [5, 5.41) is 3.90. The molecule has 0 radical (unpaired) electrons. The smallest absolute Gasteiger partial charge is 0.00952 e. The summed E-state index contributed by atoms with van der Waals surface area (Å²) in [4.78, 5) is 0. The Morgan fingerprint density at radius 1 is 1.00 bits per heavy atom. The van der Waals surface area contributed by atoms with Crippen molar-refractivity contribution in [1.29, 1.82) is 0 Å². The molecule has 0 spiro atoms. The zero-order valence-electron chi connectivity index (χ0n) is 10.5. The van der Waals surface area contributed by atoms with Gasteiger partial charge in [0.25, 0.3) is 0 Å². The Morgan fingerprint density at radius 3 is 2.20 bits per heavy atom. The van der Waals surface area contributed by atoms with E-state index >= 15 is 0 Å². The molecule has 1 N–H and O–H groups in total. The molecule has 1 nitrogen and oxygen atoms in total. The number of rotatable bonds is 5. The average molecular weight is 209 g/mol. The highest BCUT2D eigenvalue weighted by Crippen LogP contribution is 2.35. The Kier molecular flexibility index (Phi) is 4.07. The van der Waals surface area contributed by atoms with Crippen LogP contribution in [0.2, 0.25) is 0 Å². The van der Waals surface area contributed by atoms with Gasteiger partial charge in [-0.25, -0.2) is 0 Å². The van der Waals surface area contributed by atoms with Gasteiger partial charge in [0.15, 0.2) is 0 Å². The summed E-state index contributed by atoms with van der Waals surface area (Å²) in [7, 11) is 0. The van der Waals surface area contributed by atoms with Crippen LogP contribution in [-0.2, 0) is 0 Å². The standard InChI is InChI=1S/C14H27N/c1-3-14(13-9-10-13)15-11(2)12-7-5-4-6-8-12/h11-15H,3-10H2,1-2H3/t11-,14?/m0/s1. The molecule has 88 valence electrons. The summed E-state index contributed by atoms with van der Waals surface area (Å²) in [5.74, 6) is 1.98. The lowest BCUT2D eigenvalue weighted by Gasteiger charge is -2.31. The molecule has 0 amide bonds. The third kappa shape index (κ3) is 3.21. The molecule has 2 saturated carbocycles. The molecule has 2 aliphatic carbocycles. The van der Waals surface area contributed by atoms with Gasteiger partial charge in [0, 0.05) is 12.1 Å². The van der Waals surface area contributed by atoms with Gasteiger partial charge in [0.2, 0.25) is 0 Å². The van der Waals surface area contributed by atoms with E-state index in [0.29, 0.717) is 0 Å². The molecule has 1 unspecified atom stereocenters. The highest BCUT2D eigenvalue weighted by Gasteiger charge is 2.32. The quantitative estimate of drug-likeness (QED) is 0.727. The summed E-state index contributed by atoms with van der Waals surface area (Å²) in [6.45, 7) is 4.75. The Bertz CT molecular complexity index is 180. The highest BCUT2D eigenvalue weighted by molar-refractivity contribution is 4.88. The molecule has 0 aromatic rings. The molecular weight excluding hydrogens is 182 g/mol. The lowest BCUT2D eigenvalue weighted by atomic mass is 9.84. The molecule has 15 heavy (non-hydrogen) atoms. The third-order valence-corrected chi connectivity index (χ3v) is 4.46. The molecule has 0 aliphatic heterocycles. The fraction of sp³-hybridized carbons (Fsp3) is 1.00. The average Bonchev–Trinajstić information content (AvgIpc) is 3.10. The molecule has 2 rings (SSSR count). The number of hydrogen-bond acceptors (Lipinski definition) is 1. The van der Waals surface area contributed by atoms with Gasteiger partial charge in [0.1, 0.15) is 0 Å². The van der Waals surface area contributed by atoms with Crippen LogP contribution < -0.4 is 5.32 Å². The maximum absolute atomic E-state index is 3.90. The summed E-state index contributed by atoms with van der Waals surface area (Å²) in [5.41, 5.74) is 0. The first-order valence-electron chi connectivity index (χ1n) is 7.07. The fourth-order valence-corrected chi connectivity index (χ4v) is 3.19. The Balaban J connectivity index is 1.75. The van der Waals surface area contributed by atoms with Crippen molar-refractivity contribution in [2.45, 2.75) is 77.3 Å². The van der Waals surface area contributed by atoms with Crippen molar-refractivity contribution in [1.82, 2.24) is 5.32 Å². The van der Waals surface area contributed by atoms with Gasteiger partial charge >= 0.3 is 0 Å². The topological polar surface area (TPSA) is 12.0 Å². The minimum atomic E-state index is 0.760. The maximum Gasteiger partial charge on any atom is 0.00952 e.